The Morgan fingerprint density at radius 2 is 1.94 bits per heavy atom. The third-order valence-corrected chi connectivity index (χ3v) is 2.33. The van der Waals surface area contributed by atoms with E-state index >= 15 is 0 Å². The summed E-state index contributed by atoms with van der Waals surface area (Å²) in [4.78, 5) is 14.2. The van der Waals surface area contributed by atoms with E-state index < -0.39 is 0 Å². The molecule has 0 saturated heterocycles. The number of hydrogen-bond acceptors (Lipinski definition) is 5. The Morgan fingerprint density at radius 1 is 1.24 bits per heavy atom. The molecule has 17 heavy (non-hydrogen) atoms. The van der Waals surface area contributed by atoms with E-state index in [-0.39, 0.29) is 0 Å². The van der Waals surface area contributed by atoms with Crippen molar-refractivity contribution in [3.63, 3.8) is 0 Å². The van der Waals surface area contributed by atoms with Gasteiger partial charge in [0.05, 0.1) is 0 Å². The molecule has 2 aromatic heterocycles. The van der Waals surface area contributed by atoms with Crippen molar-refractivity contribution in [1.29, 1.82) is 5.26 Å². The topological polar surface area (TPSA) is 65.7 Å². The predicted molar refractivity (Wildman–Crippen MR) is 63.8 cm³/mol. The minimum atomic E-state index is 0.369. The highest BCUT2D eigenvalue weighted by molar-refractivity contribution is 5.59. The average molecular weight is 225 g/mol. The molecule has 0 aliphatic heterocycles. The monoisotopic (exact) mass is 225 g/mol. The normalized spacial score (nSPS) is 9.71. The van der Waals surface area contributed by atoms with Gasteiger partial charge in [0.2, 0.25) is 0 Å². The maximum Gasteiger partial charge on any atom is 0.146 e. The molecule has 2 aromatic rings. The van der Waals surface area contributed by atoms with Crippen molar-refractivity contribution >= 4 is 11.5 Å². The third-order valence-electron chi connectivity index (χ3n) is 2.33. The molecule has 0 spiro atoms. The molecule has 0 saturated carbocycles. The van der Waals surface area contributed by atoms with Gasteiger partial charge in [-0.3, -0.25) is 4.98 Å². The van der Waals surface area contributed by atoms with E-state index in [9.17, 15) is 0 Å². The number of aryl methyl sites for hydroxylation is 1. The van der Waals surface area contributed by atoms with E-state index in [0.717, 1.165) is 5.69 Å². The lowest BCUT2D eigenvalue weighted by Gasteiger charge is -2.18. The van der Waals surface area contributed by atoms with E-state index in [1.54, 1.807) is 25.4 Å². The zero-order chi connectivity index (χ0) is 12.3. The van der Waals surface area contributed by atoms with Gasteiger partial charge in [-0.15, -0.1) is 0 Å². The van der Waals surface area contributed by atoms with Gasteiger partial charge in [0.25, 0.3) is 0 Å². The molecule has 0 atom stereocenters. The van der Waals surface area contributed by atoms with E-state index in [4.69, 9.17) is 5.26 Å². The minimum Gasteiger partial charge on any atom is -0.329 e. The highest BCUT2D eigenvalue weighted by atomic mass is 15.2. The Bertz CT molecular complexity index is 559. The summed E-state index contributed by atoms with van der Waals surface area (Å²) in [5.74, 6) is 1.28. The number of hydrogen-bond donors (Lipinski definition) is 0. The number of nitriles is 1. The maximum absolute atomic E-state index is 8.87. The van der Waals surface area contributed by atoms with Gasteiger partial charge in [0, 0.05) is 31.2 Å². The van der Waals surface area contributed by atoms with Gasteiger partial charge in [0.15, 0.2) is 0 Å². The summed E-state index contributed by atoms with van der Waals surface area (Å²) >= 11 is 0. The molecule has 0 radical (unpaired) electrons. The van der Waals surface area contributed by atoms with Gasteiger partial charge >= 0.3 is 0 Å². The second-order valence-corrected chi connectivity index (χ2v) is 3.53. The van der Waals surface area contributed by atoms with Crippen LogP contribution in [0.1, 0.15) is 11.5 Å². The lowest BCUT2D eigenvalue weighted by atomic mass is 10.3. The van der Waals surface area contributed by atoms with Crippen molar-refractivity contribution in [2.45, 2.75) is 6.92 Å². The second-order valence-electron chi connectivity index (χ2n) is 3.53. The van der Waals surface area contributed by atoms with Crippen LogP contribution in [0, 0.1) is 18.3 Å². The second kappa shape index (κ2) is 4.58. The predicted octanol–water partition coefficient (Wildman–Crippen LogP) is 1.82. The Morgan fingerprint density at radius 3 is 2.59 bits per heavy atom. The van der Waals surface area contributed by atoms with Crippen molar-refractivity contribution in [2.75, 3.05) is 11.9 Å². The quantitative estimate of drug-likeness (QED) is 0.779. The number of rotatable bonds is 2. The summed E-state index contributed by atoms with van der Waals surface area (Å²) in [5, 5.41) is 8.87. The Balaban J connectivity index is 2.41. The summed E-state index contributed by atoms with van der Waals surface area (Å²) in [6.45, 7) is 1.77. The zero-order valence-electron chi connectivity index (χ0n) is 9.62. The molecule has 0 bridgehead atoms. The molecule has 0 amide bonds. The van der Waals surface area contributed by atoms with Crippen LogP contribution in [0.25, 0.3) is 0 Å². The summed E-state index contributed by atoms with van der Waals surface area (Å²) in [5.41, 5.74) is 1.33. The van der Waals surface area contributed by atoms with Gasteiger partial charge in [-0.25, -0.2) is 9.97 Å². The third kappa shape index (κ3) is 2.37. The summed E-state index contributed by atoms with van der Waals surface area (Å²) in [6.07, 6.45) is 3.43. The first kappa shape index (κ1) is 11.0. The van der Waals surface area contributed by atoms with Crippen LogP contribution in [-0.4, -0.2) is 22.0 Å². The Hall–Kier alpha value is -2.48. The smallest absolute Gasteiger partial charge is 0.146 e. The summed E-state index contributed by atoms with van der Waals surface area (Å²) in [7, 11) is 1.89. The van der Waals surface area contributed by atoms with Crippen LogP contribution >= 0.6 is 0 Å². The average Bonchev–Trinajstić information content (AvgIpc) is 2.38. The van der Waals surface area contributed by atoms with E-state index in [0.29, 0.717) is 17.3 Å². The molecule has 5 heteroatoms. The van der Waals surface area contributed by atoms with Crippen LogP contribution in [0.15, 0.2) is 30.6 Å². The molecule has 84 valence electrons. The number of aromatic nitrogens is 3. The van der Waals surface area contributed by atoms with Gasteiger partial charge in [-0.2, -0.15) is 5.26 Å². The van der Waals surface area contributed by atoms with Gasteiger partial charge in [-0.05, 0) is 19.1 Å². The summed E-state index contributed by atoms with van der Waals surface area (Å²) < 4.78 is 0. The van der Waals surface area contributed by atoms with Crippen LogP contribution in [0.2, 0.25) is 0 Å². The summed E-state index contributed by atoms with van der Waals surface area (Å²) in [6, 6.07) is 7.44. The fraction of sp³-hybridized carbons (Fsp3) is 0.167. The molecular formula is C12H11N5. The SMILES string of the molecule is Cc1nc(C#N)cc(N(C)c2ccncc2)n1. The fourth-order valence-electron chi connectivity index (χ4n) is 1.48. The molecule has 5 nitrogen and oxygen atoms in total. The molecule has 0 aromatic carbocycles. The first-order chi connectivity index (χ1) is 8.20. The number of anilines is 2. The molecule has 0 unspecified atom stereocenters. The van der Waals surface area contributed by atoms with Crippen LogP contribution in [-0.2, 0) is 0 Å². The molecule has 0 aliphatic carbocycles. The lowest BCUT2D eigenvalue weighted by molar-refractivity contribution is 0.999. The Kier molecular flexibility index (Phi) is 2.97. The highest BCUT2D eigenvalue weighted by Gasteiger charge is 2.07. The van der Waals surface area contributed by atoms with Crippen LogP contribution in [0.5, 0.6) is 0 Å². The highest BCUT2D eigenvalue weighted by Crippen LogP contribution is 2.20. The molecule has 0 aliphatic rings. The molecular weight excluding hydrogens is 214 g/mol. The number of nitrogens with zero attached hydrogens (tertiary/aromatic N) is 5. The minimum absolute atomic E-state index is 0.369. The van der Waals surface area contributed by atoms with E-state index in [1.165, 1.54) is 0 Å². The van der Waals surface area contributed by atoms with Crippen LogP contribution in [0.4, 0.5) is 11.5 Å². The van der Waals surface area contributed by atoms with Crippen molar-refractivity contribution in [3.05, 3.63) is 42.1 Å². The largest absolute Gasteiger partial charge is 0.329 e. The molecule has 0 fully saturated rings. The van der Waals surface area contributed by atoms with Crippen molar-refractivity contribution < 1.29 is 0 Å². The van der Waals surface area contributed by atoms with Crippen molar-refractivity contribution in [3.8, 4) is 6.07 Å². The first-order valence-corrected chi connectivity index (χ1v) is 5.10. The van der Waals surface area contributed by atoms with Crippen LogP contribution < -0.4 is 4.90 Å². The van der Waals surface area contributed by atoms with Gasteiger partial charge in [-0.1, -0.05) is 0 Å². The Labute approximate surface area is 99.4 Å². The van der Waals surface area contributed by atoms with Gasteiger partial charge < -0.3 is 4.90 Å². The maximum atomic E-state index is 8.87. The van der Waals surface area contributed by atoms with E-state index in [2.05, 4.69) is 15.0 Å². The van der Waals surface area contributed by atoms with Crippen molar-refractivity contribution in [1.82, 2.24) is 15.0 Å². The lowest BCUT2D eigenvalue weighted by Crippen LogP contribution is -2.12. The molecule has 0 N–H and O–H groups in total. The first-order valence-electron chi connectivity index (χ1n) is 5.10. The molecule has 2 rings (SSSR count). The van der Waals surface area contributed by atoms with E-state index in [1.807, 2.05) is 30.1 Å². The number of pyridine rings is 1. The zero-order valence-corrected chi connectivity index (χ0v) is 9.62. The van der Waals surface area contributed by atoms with Crippen molar-refractivity contribution in [2.24, 2.45) is 0 Å². The van der Waals surface area contributed by atoms with Crippen LogP contribution in [0.3, 0.4) is 0 Å². The molecule has 2 heterocycles. The fourth-order valence-corrected chi connectivity index (χ4v) is 1.48. The van der Waals surface area contributed by atoms with Gasteiger partial charge in [0.1, 0.15) is 23.4 Å². The standard InChI is InChI=1S/C12H11N5/c1-9-15-10(8-13)7-12(16-9)17(2)11-3-5-14-6-4-11/h3-7H,1-2H3.